The predicted molar refractivity (Wildman–Crippen MR) is 83.3 cm³/mol. The Bertz CT molecular complexity index is 684. The molecule has 0 aliphatic rings. The fourth-order valence-corrected chi connectivity index (χ4v) is 3.28. The Morgan fingerprint density at radius 1 is 1.14 bits per heavy atom. The smallest absolute Gasteiger partial charge is 0.143 e. The van der Waals surface area contributed by atoms with Crippen molar-refractivity contribution in [3.8, 4) is 6.07 Å². The van der Waals surface area contributed by atoms with Gasteiger partial charge in [-0.15, -0.1) is 5.10 Å². The minimum Gasteiger partial charge on any atom is -0.246 e. The molecular formula is C16H18N4S. The molecule has 0 amide bonds. The van der Waals surface area contributed by atoms with Crippen molar-refractivity contribution in [3.63, 3.8) is 0 Å². The van der Waals surface area contributed by atoms with E-state index in [2.05, 4.69) is 21.3 Å². The summed E-state index contributed by atoms with van der Waals surface area (Å²) in [6.07, 6.45) is 1.58. The van der Waals surface area contributed by atoms with E-state index in [0.29, 0.717) is 10.6 Å². The molecular weight excluding hydrogens is 280 g/mol. The number of hydrogen-bond donors (Lipinski definition) is 0. The molecule has 2 aromatic rings. The Morgan fingerprint density at radius 2 is 1.90 bits per heavy atom. The number of hydrogen-bond acceptors (Lipinski definition) is 5. The average molecular weight is 298 g/mol. The molecule has 0 saturated heterocycles. The quantitative estimate of drug-likeness (QED) is 0.862. The molecule has 0 bridgehead atoms. The summed E-state index contributed by atoms with van der Waals surface area (Å²) in [5, 5.41) is 19.5. The van der Waals surface area contributed by atoms with Gasteiger partial charge in [0, 0.05) is 5.69 Å². The summed E-state index contributed by atoms with van der Waals surface area (Å²) in [6.45, 7) is 8.07. The van der Waals surface area contributed by atoms with E-state index >= 15 is 0 Å². The zero-order chi connectivity index (χ0) is 15.4. The van der Waals surface area contributed by atoms with Crippen LogP contribution in [-0.4, -0.2) is 15.2 Å². The minimum atomic E-state index is 0.635. The van der Waals surface area contributed by atoms with Crippen LogP contribution >= 0.6 is 11.8 Å². The largest absolute Gasteiger partial charge is 0.246 e. The molecule has 21 heavy (non-hydrogen) atoms. The topological polar surface area (TPSA) is 62.5 Å². The van der Waals surface area contributed by atoms with E-state index in [1.807, 2.05) is 39.8 Å². The van der Waals surface area contributed by atoms with Crippen LogP contribution in [-0.2, 0) is 12.8 Å². The van der Waals surface area contributed by atoms with Crippen molar-refractivity contribution in [2.75, 3.05) is 0 Å². The third-order valence-corrected chi connectivity index (χ3v) is 4.10. The first kappa shape index (κ1) is 15.5. The average Bonchev–Trinajstić information content (AvgIpc) is 2.45. The fraction of sp³-hybridized carbons (Fsp3) is 0.375. The van der Waals surface area contributed by atoms with Crippen LogP contribution in [0.3, 0.4) is 0 Å². The van der Waals surface area contributed by atoms with Gasteiger partial charge < -0.3 is 0 Å². The van der Waals surface area contributed by atoms with Gasteiger partial charge in [0.15, 0.2) is 0 Å². The van der Waals surface area contributed by atoms with Gasteiger partial charge in [-0.1, -0.05) is 13.8 Å². The van der Waals surface area contributed by atoms with Crippen molar-refractivity contribution in [1.82, 2.24) is 15.2 Å². The fourth-order valence-electron chi connectivity index (χ4n) is 2.30. The van der Waals surface area contributed by atoms with Crippen LogP contribution in [0.25, 0.3) is 0 Å². The standard InChI is InChI=1S/C16H18N4S/c1-5-12-13(9-17)16(20-19-14(12)6-2)21-15-8-10(3)7-11(4)18-15/h7-8H,5-6H2,1-4H3. The molecule has 0 aliphatic heterocycles. The van der Waals surface area contributed by atoms with Crippen LogP contribution < -0.4 is 0 Å². The highest BCUT2D eigenvalue weighted by Gasteiger charge is 2.16. The molecule has 2 aromatic heterocycles. The summed E-state index contributed by atoms with van der Waals surface area (Å²) in [4.78, 5) is 4.49. The minimum absolute atomic E-state index is 0.635. The Hall–Kier alpha value is -1.93. The van der Waals surface area contributed by atoms with Crippen LogP contribution in [0.5, 0.6) is 0 Å². The number of aromatic nitrogens is 3. The van der Waals surface area contributed by atoms with Gasteiger partial charge in [0.2, 0.25) is 0 Å². The second kappa shape index (κ2) is 6.68. The van der Waals surface area contributed by atoms with Crippen LogP contribution in [0.4, 0.5) is 0 Å². The van der Waals surface area contributed by atoms with Gasteiger partial charge in [-0.3, -0.25) is 0 Å². The Morgan fingerprint density at radius 3 is 2.48 bits per heavy atom. The second-order valence-electron chi connectivity index (χ2n) is 4.85. The Balaban J connectivity index is 2.47. The molecule has 0 saturated carbocycles. The van der Waals surface area contributed by atoms with Gasteiger partial charge in [0.05, 0.1) is 11.3 Å². The molecule has 2 heterocycles. The SMILES string of the molecule is CCc1nnc(Sc2cc(C)cc(C)n2)c(C#N)c1CC. The highest BCUT2D eigenvalue weighted by molar-refractivity contribution is 7.99. The first-order valence-corrected chi connectivity index (χ1v) is 7.82. The Kier molecular flexibility index (Phi) is 4.92. The maximum Gasteiger partial charge on any atom is 0.143 e. The number of rotatable bonds is 4. The number of aryl methyl sites for hydroxylation is 3. The molecule has 0 atom stereocenters. The van der Waals surface area contributed by atoms with Gasteiger partial charge in [0.25, 0.3) is 0 Å². The lowest BCUT2D eigenvalue weighted by atomic mass is 10.1. The van der Waals surface area contributed by atoms with Gasteiger partial charge in [-0.2, -0.15) is 10.4 Å². The van der Waals surface area contributed by atoms with Crippen LogP contribution in [0.15, 0.2) is 22.2 Å². The monoisotopic (exact) mass is 298 g/mol. The molecule has 0 aliphatic carbocycles. The third-order valence-electron chi connectivity index (χ3n) is 3.20. The van der Waals surface area contributed by atoms with E-state index in [4.69, 9.17) is 0 Å². The van der Waals surface area contributed by atoms with Crippen LogP contribution in [0.2, 0.25) is 0 Å². The molecule has 5 heteroatoms. The van der Waals surface area contributed by atoms with Crippen molar-refractivity contribution >= 4 is 11.8 Å². The molecule has 2 rings (SSSR count). The van der Waals surface area contributed by atoms with Gasteiger partial charge in [0.1, 0.15) is 16.1 Å². The maximum atomic E-state index is 9.49. The first-order chi connectivity index (χ1) is 10.1. The predicted octanol–water partition coefficient (Wildman–Crippen LogP) is 3.64. The molecule has 0 N–H and O–H groups in total. The number of nitrogens with zero attached hydrogens (tertiary/aromatic N) is 4. The summed E-state index contributed by atoms with van der Waals surface area (Å²) in [5.74, 6) is 0. The van der Waals surface area contributed by atoms with E-state index in [-0.39, 0.29) is 0 Å². The first-order valence-electron chi connectivity index (χ1n) is 7.00. The highest BCUT2D eigenvalue weighted by atomic mass is 32.2. The summed E-state index contributed by atoms with van der Waals surface area (Å²) >= 11 is 1.41. The molecule has 108 valence electrons. The van der Waals surface area contributed by atoms with Crippen molar-refractivity contribution in [2.24, 2.45) is 0 Å². The number of nitriles is 1. The van der Waals surface area contributed by atoms with Gasteiger partial charge in [-0.25, -0.2) is 4.98 Å². The third kappa shape index (κ3) is 3.40. The van der Waals surface area contributed by atoms with Crippen molar-refractivity contribution in [3.05, 3.63) is 40.2 Å². The molecule has 0 aromatic carbocycles. The van der Waals surface area contributed by atoms with E-state index in [0.717, 1.165) is 40.4 Å². The lowest BCUT2D eigenvalue weighted by Crippen LogP contribution is -2.04. The van der Waals surface area contributed by atoms with Crippen molar-refractivity contribution in [1.29, 1.82) is 5.26 Å². The van der Waals surface area contributed by atoms with E-state index in [9.17, 15) is 5.26 Å². The molecule has 0 fully saturated rings. The second-order valence-corrected chi connectivity index (χ2v) is 5.86. The van der Waals surface area contributed by atoms with E-state index in [1.54, 1.807) is 0 Å². The van der Waals surface area contributed by atoms with Crippen molar-refractivity contribution in [2.45, 2.75) is 50.6 Å². The summed E-state index contributed by atoms with van der Waals surface area (Å²) in [7, 11) is 0. The normalized spacial score (nSPS) is 10.4. The van der Waals surface area contributed by atoms with Gasteiger partial charge in [-0.05, 0) is 61.7 Å². The molecule has 0 spiro atoms. The van der Waals surface area contributed by atoms with Crippen LogP contribution in [0, 0.1) is 25.2 Å². The molecule has 0 radical (unpaired) electrons. The lowest BCUT2D eigenvalue weighted by Gasteiger charge is -2.10. The molecule has 0 unspecified atom stereocenters. The zero-order valence-electron chi connectivity index (χ0n) is 12.8. The van der Waals surface area contributed by atoms with E-state index < -0.39 is 0 Å². The molecule has 4 nitrogen and oxygen atoms in total. The Labute approximate surface area is 129 Å². The van der Waals surface area contributed by atoms with Crippen LogP contribution in [0.1, 0.15) is 41.9 Å². The van der Waals surface area contributed by atoms with E-state index in [1.165, 1.54) is 11.8 Å². The number of pyridine rings is 1. The van der Waals surface area contributed by atoms with Crippen molar-refractivity contribution < 1.29 is 0 Å². The zero-order valence-corrected chi connectivity index (χ0v) is 13.6. The summed E-state index contributed by atoms with van der Waals surface area (Å²) in [6, 6.07) is 6.31. The summed E-state index contributed by atoms with van der Waals surface area (Å²) < 4.78 is 0. The maximum absolute atomic E-state index is 9.49. The lowest BCUT2D eigenvalue weighted by molar-refractivity contribution is 0.816. The highest BCUT2D eigenvalue weighted by Crippen LogP contribution is 2.30. The summed E-state index contributed by atoms with van der Waals surface area (Å²) in [5.41, 5.74) is 4.66. The van der Waals surface area contributed by atoms with Gasteiger partial charge >= 0.3 is 0 Å².